The molecule has 1 atom stereocenters. The minimum absolute atomic E-state index is 0.0866. The quantitative estimate of drug-likeness (QED) is 0.734. The van der Waals surface area contributed by atoms with Crippen LogP contribution in [0.25, 0.3) is 0 Å². The second-order valence-corrected chi connectivity index (χ2v) is 3.69. The maximum absolute atomic E-state index is 12.6. The summed E-state index contributed by atoms with van der Waals surface area (Å²) in [7, 11) is 0. The van der Waals surface area contributed by atoms with Crippen LogP contribution < -0.4 is 0 Å². The molecule has 20 heavy (non-hydrogen) atoms. The van der Waals surface area contributed by atoms with Crippen LogP contribution in [0, 0.1) is 0 Å². The van der Waals surface area contributed by atoms with Gasteiger partial charge in [0.05, 0.1) is 11.1 Å². The summed E-state index contributed by atoms with van der Waals surface area (Å²) in [6.07, 6.45) is -13.8. The summed E-state index contributed by atoms with van der Waals surface area (Å²) in [5.41, 5.74) is -6.00. The van der Waals surface area contributed by atoms with Crippen molar-refractivity contribution in [1.29, 1.82) is 0 Å². The second-order valence-electron chi connectivity index (χ2n) is 3.69. The van der Waals surface area contributed by atoms with Gasteiger partial charge in [-0.15, -0.1) is 0 Å². The number of aliphatic hydroxyl groups excluding tert-OH is 1. The zero-order valence-electron chi connectivity index (χ0n) is 9.25. The van der Waals surface area contributed by atoms with Crippen molar-refractivity contribution in [2.45, 2.75) is 18.5 Å². The second kappa shape index (κ2) is 4.85. The fourth-order valence-corrected chi connectivity index (χ4v) is 1.53. The highest BCUT2D eigenvalue weighted by Crippen LogP contribution is 2.44. The van der Waals surface area contributed by atoms with Crippen molar-refractivity contribution >= 4 is 5.97 Å². The first-order chi connectivity index (χ1) is 8.85. The lowest BCUT2D eigenvalue weighted by atomic mass is 9.94. The van der Waals surface area contributed by atoms with Gasteiger partial charge in [0.1, 0.15) is 5.75 Å². The fourth-order valence-electron chi connectivity index (χ4n) is 1.53. The lowest BCUT2D eigenvalue weighted by Crippen LogP contribution is -2.22. The van der Waals surface area contributed by atoms with Gasteiger partial charge in [0.15, 0.2) is 6.10 Å². The van der Waals surface area contributed by atoms with Crippen LogP contribution in [0.3, 0.4) is 0 Å². The number of rotatable bonds is 2. The Hall–Kier alpha value is -1.97. The van der Waals surface area contributed by atoms with Crippen LogP contribution in [0.4, 0.5) is 26.3 Å². The summed E-state index contributed by atoms with van der Waals surface area (Å²) in [6, 6.07) is -0.173. The summed E-state index contributed by atoms with van der Waals surface area (Å²) < 4.78 is 75.8. The van der Waals surface area contributed by atoms with Gasteiger partial charge in [-0.3, -0.25) is 0 Å². The van der Waals surface area contributed by atoms with E-state index in [0.717, 1.165) is 0 Å². The van der Waals surface area contributed by atoms with E-state index in [4.69, 9.17) is 15.3 Å². The molecule has 0 amide bonds. The standard InChI is InChI=1S/C10H6F6O4/c11-9(12,13)4-1-3(17)2-5(10(14,15)16)6(4)7(18)8(19)20/h1-2,7,17-18H,(H,19,20). The molecule has 3 N–H and O–H groups in total. The predicted octanol–water partition coefficient (Wildman–Crippen LogP) is 2.55. The number of alkyl halides is 6. The number of hydrogen-bond acceptors (Lipinski definition) is 3. The number of halogens is 6. The zero-order valence-corrected chi connectivity index (χ0v) is 9.25. The maximum Gasteiger partial charge on any atom is 0.416 e. The molecule has 1 rings (SSSR count). The van der Waals surface area contributed by atoms with Crippen LogP contribution in [-0.2, 0) is 17.1 Å². The van der Waals surface area contributed by atoms with Gasteiger partial charge in [0.2, 0.25) is 0 Å². The van der Waals surface area contributed by atoms with E-state index >= 15 is 0 Å². The SMILES string of the molecule is O=C(O)C(O)c1c(C(F)(F)F)cc(O)cc1C(F)(F)F. The largest absolute Gasteiger partial charge is 0.508 e. The Morgan fingerprint density at radius 2 is 1.35 bits per heavy atom. The van der Waals surface area contributed by atoms with Gasteiger partial charge >= 0.3 is 18.3 Å². The Balaban J connectivity index is 3.77. The third-order valence-electron chi connectivity index (χ3n) is 2.28. The molecule has 0 saturated carbocycles. The molecular formula is C10H6F6O4. The van der Waals surface area contributed by atoms with Crippen LogP contribution in [-0.4, -0.2) is 21.3 Å². The van der Waals surface area contributed by atoms with Gasteiger partial charge in [-0.25, -0.2) is 4.79 Å². The molecule has 4 nitrogen and oxygen atoms in total. The molecule has 10 heteroatoms. The fraction of sp³-hybridized carbons (Fsp3) is 0.300. The van der Waals surface area contributed by atoms with Gasteiger partial charge in [-0.05, 0) is 12.1 Å². The van der Waals surface area contributed by atoms with Gasteiger partial charge < -0.3 is 15.3 Å². The van der Waals surface area contributed by atoms with Gasteiger partial charge in [0, 0.05) is 5.56 Å². The number of phenols is 1. The molecule has 0 heterocycles. The molecule has 0 fully saturated rings. The Bertz CT molecular complexity index is 499. The first kappa shape index (κ1) is 16.1. The normalized spacial score (nSPS) is 14.2. The molecule has 0 aromatic heterocycles. The monoisotopic (exact) mass is 304 g/mol. The number of benzene rings is 1. The average molecular weight is 304 g/mol. The molecule has 0 spiro atoms. The molecule has 0 aliphatic heterocycles. The lowest BCUT2D eigenvalue weighted by Gasteiger charge is -2.20. The van der Waals surface area contributed by atoms with Gasteiger partial charge in [-0.2, -0.15) is 26.3 Å². The molecule has 0 bridgehead atoms. The first-order valence-corrected chi connectivity index (χ1v) is 4.78. The van der Waals surface area contributed by atoms with E-state index in [0.29, 0.717) is 0 Å². The van der Waals surface area contributed by atoms with E-state index in [-0.39, 0.29) is 12.1 Å². The van der Waals surface area contributed by atoms with E-state index in [1.54, 1.807) is 0 Å². The smallest absolute Gasteiger partial charge is 0.416 e. The molecular weight excluding hydrogens is 298 g/mol. The van der Waals surface area contributed by atoms with Crippen LogP contribution in [0.1, 0.15) is 22.8 Å². The molecule has 0 aliphatic carbocycles. The topological polar surface area (TPSA) is 77.8 Å². The van der Waals surface area contributed by atoms with Crippen molar-refractivity contribution in [3.63, 3.8) is 0 Å². The summed E-state index contributed by atoms with van der Waals surface area (Å²) in [4.78, 5) is 10.5. The molecule has 0 radical (unpaired) electrons. The highest BCUT2D eigenvalue weighted by Gasteiger charge is 2.44. The molecule has 0 saturated heterocycles. The van der Waals surface area contributed by atoms with Crippen molar-refractivity contribution in [3.05, 3.63) is 28.8 Å². The number of carboxylic acid groups (broad SMARTS) is 1. The lowest BCUT2D eigenvalue weighted by molar-refractivity contribution is -0.153. The van der Waals surface area contributed by atoms with E-state index in [1.807, 2.05) is 0 Å². The van der Waals surface area contributed by atoms with Crippen molar-refractivity contribution in [2.24, 2.45) is 0 Å². The highest BCUT2D eigenvalue weighted by molar-refractivity contribution is 5.75. The Kier molecular flexibility index (Phi) is 3.90. The van der Waals surface area contributed by atoms with Crippen LogP contribution >= 0.6 is 0 Å². The Labute approximate surface area is 106 Å². The van der Waals surface area contributed by atoms with Crippen LogP contribution in [0.15, 0.2) is 12.1 Å². The summed E-state index contributed by atoms with van der Waals surface area (Å²) in [5.74, 6) is -3.64. The average Bonchev–Trinajstić information content (AvgIpc) is 2.24. The predicted molar refractivity (Wildman–Crippen MR) is 50.7 cm³/mol. The molecule has 112 valence electrons. The van der Waals surface area contributed by atoms with E-state index in [1.165, 1.54) is 0 Å². The summed E-state index contributed by atoms with van der Waals surface area (Å²) >= 11 is 0. The van der Waals surface area contributed by atoms with Crippen molar-refractivity contribution in [1.82, 2.24) is 0 Å². The number of aliphatic carboxylic acids is 1. The minimum Gasteiger partial charge on any atom is -0.508 e. The first-order valence-electron chi connectivity index (χ1n) is 4.78. The molecule has 0 aliphatic rings. The minimum atomic E-state index is -5.38. The van der Waals surface area contributed by atoms with Crippen LogP contribution in [0.5, 0.6) is 5.75 Å². The molecule has 1 unspecified atom stereocenters. The van der Waals surface area contributed by atoms with Gasteiger partial charge in [-0.1, -0.05) is 0 Å². The molecule has 1 aromatic rings. The number of aromatic hydroxyl groups is 1. The van der Waals surface area contributed by atoms with Crippen molar-refractivity contribution in [3.8, 4) is 5.75 Å². The third-order valence-corrected chi connectivity index (χ3v) is 2.28. The number of phenolic OH excluding ortho intramolecular Hbond substituents is 1. The van der Waals surface area contributed by atoms with Crippen LogP contribution in [0.2, 0.25) is 0 Å². The van der Waals surface area contributed by atoms with Gasteiger partial charge in [0.25, 0.3) is 0 Å². The summed E-state index contributed by atoms with van der Waals surface area (Å²) in [5, 5.41) is 26.5. The van der Waals surface area contributed by atoms with E-state index in [2.05, 4.69) is 0 Å². The van der Waals surface area contributed by atoms with E-state index in [9.17, 15) is 31.1 Å². The number of carboxylic acids is 1. The summed E-state index contributed by atoms with van der Waals surface area (Å²) in [6.45, 7) is 0. The Morgan fingerprint density at radius 3 is 1.60 bits per heavy atom. The molecule has 1 aromatic carbocycles. The van der Waals surface area contributed by atoms with Crippen molar-refractivity contribution < 1.29 is 46.5 Å². The van der Waals surface area contributed by atoms with E-state index < -0.39 is 46.9 Å². The maximum atomic E-state index is 12.6. The number of aliphatic hydroxyl groups is 1. The Morgan fingerprint density at radius 1 is 1.00 bits per heavy atom. The number of hydrogen-bond donors (Lipinski definition) is 3. The zero-order chi connectivity index (χ0) is 15.9. The third kappa shape index (κ3) is 3.13. The number of carbonyl (C=O) groups is 1. The van der Waals surface area contributed by atoms with Crippen molar-refractivity contribution in [2.75, 3.05) is 0 Å². The highest BCUT2D eigenvalue weighted by atomic mass is 19.4.